The molecule has 2 heterocycles. The Balaban J connectivity index is 1.49. The monoisotopic (exact) mass is 673 g/mol. The summed E-state index contributed by atoms with van der Waals surface area (Å²) in [4.78, 5) is 44.3. The topological polar surface area (TPSA) is 154 Å². The molecule has 1 aliphatic heterocycles. The number of benzene rings is 2. The molecule has 0 unspecified atom stereocenters. The molecule has 1 aliphatic rings. The minimum absolute atomic E-state index is 0.0122. The van der Waals surface area contributed by atoms with Crippen LogP contribution in [0, 0.1) is 0 Å². The van der Waals surface area contributed by atoms with Crippen molar-refractivity contribution in [3.05, 3.63) is 89.6 Å². The van der Waals surface area contributed by atoms with Crippen LogP contribution >= 0.6 is 0 Å². The second kappa shape index (κ2) is 16.9. The molecule has 3 aromatic rings. The highest BCUT2D eigenvalue weighted by Gasteiger charge is 2.38. The number of nitrogens with two attached hydrogens (primary N) is 1. The number of hydrogen-bond donors (Lipinski definition) is 3. The molecule has 48 heavy (non-hydrogen) atoms. The lowest BCUT2D eigenvalue weighted by Crippen LogP contribution is -2.50. The molecule has 4 N–H and O–H groups in total. The lowest BCUT2D eigenvalue weighted by Gasteiger charge is -2.31. The molecule has 0 radical (unpaired) electrons. The molecular weight excluding hydrogens is 635 g/mol. The van der Waals surface area contributed by atoms with Crippen LogP contribution in [-0.4, -0.2) is 88.0 Å². The van der Waals surface area contributed by atoms with Gasteiger partial charge >= 0.3 is 18.4 Å². The fraction of sp³-hybridized carbons (Fsp3) is 0.394. The Hall–Kier alpha value is -4.73. The molecule has 0 bridgehead atoms. The van der Waals surface area contributed by atoms with Crippen LogP contribution in [-0.2, 0) is 25.4 Å². The minimum atomic E-state index is -4.54. The number of anilines is 1. The van der Waals surface area contributed by atoms with Crippen LogP contribution in [0.3, 0.4) is 0 Å². The first-order valence-electron chi connectivity index (χ1n) is 15.1. The predicted molar refractivity (Wildman–Crippen MR) is 169 cm³/mol. The van der Waals surface area contributed by atoms with Gasteiger partial charge in [0.1, 0.15) is 18.8 Å². The predicted octanol–water partition coefficient (Wildman–Crippen LogP) is 3.93. The Labute approximate surface area is 275 Å². The number of halogens is 3. The maximum absolute atomic E-state index is 14.3. The first kappa shape index (κ1) is 36.1. The normalized spacial score (nSPS) is 16.9. The number of methoxy groups -OCH3 is 2. The fourth-order valence-corrected chi connectivity index (χ4v) is 5.34. The average Bonchev–Trinajstić information content (AvgIpc) is 3.10. The van der Waals surface area contributed by atoms with E-state index in [0.717, 1.165) is 23.1 Å². The smallest absolute Gasteiger partial charge is 0.421 e. The number of carbonyl (C=O) groups is 3. The second-order valence-electron chi connectivity index (χ2n) is 11.0. The van der Waals surface area contributed by atoms with Crippen molar-refractivity contribution in [1.29, 1.82) is 0 Å². The Morgan fingerprint density at radius 1 is 1.06 bits per heavy atom. The van der Waals surface area contributed by atoms with Gasteiger partial charge < -0.3 is 35.3 Å². The van der Waals surface area contributed by atoms with Gasteiger partial charge in [-0.25, -0.2) is 19.5 Å². The van der Waals surface area contributed by atoms with Gasteiger partial charge in [0.2, 0.25) is 5.88 Å². The lowest BCUT2D eigenvalue weighted by atomic mass is 9.84. The summed E-state index contributed by atoms with van der Waals surface area (Å²) in [7, 11) is 2.52. The number of ether oxygens (including phenoxy) is 4. The number of alkyl halides is 3. The highest BCUT2D eigenvalue weighted by Crippen LogP contribution is 2.35. The number of hydrogen-bond acceptors (Lipinski definition) is 10. The van der Waals surface area contributed by atoms with Gasteiger partial charge in [0, 0.05) is 18.7 Å². The van der Waals surface area contributed by atoms with Crippen molar-refractivity contribution in [1.82, 2.24) is 15.6 Å². The number of aryl methyl sites for hydroxylation is 1. The number of amides is 3. The zero-order chi connectivity index (χ0) is 34.7. The molecule has 3 amide bonds. The van der Waals surface area contributed by atoms with Crippen molar-refractivity contribution in [3.8, 4) is 5.88 Å². The summed E-state index contributed by atoms with van der Waals surface area (Å²) in [5.41, 5.74) is 8.89. The lowest BCUT2D eigenvalue weighted by molar-refractivity contribution is -0.124. The molecule has 12 nitrogen and oxygen atoms in total. The number of nitrogens with one attached hydrogen (secondary N) is 2. The van der Waals surface area contributed by atoms with Gasteiger partial charge in [-0.3, -0.25) is 4.79 Å². The Bertz CT molecular complexity index is 1470. The van der Waals surface area contributed by atoms with Gasteiger partial charge in [-0.1, -0.05) is 60.7 Å². The molecule has 1 fully saturated rings. The summed E-state index contributed by atoms with van der Waals surface area (Å²) in [5, 5.41) is 4.80. The van der Waals surface area contributed by atoms with E-state index in [2.05, 4.69) is 10.3 Å². The first-order chi connectivity index (χ1) is 23.0. The summed E-state index contributed by atoms with van der Waals surface area (Å²) in [6.07, 6.45) is -4.78. The van der Waals surface area contributed by atoms with Gasteiger partial charge in [0.05, 0.1) is 39.0 Å². The summed E-state index contributed by atoms with van der Waals surface area (Å²) >= 11 is 0. The summed E-state index contributed by atoms with van der Waals surface area (Å²) in [5.74, 6) is -1.32. The van der Waals surface area contributed by atoms with Gasteiger partial charge in [-0.2, -0.15) is 13.2 Å². The quantitative estimate of drug-likeness (QED) is 0.258. The van der Waals surface area contributed by atoms with E-state index in [9.17, 15) is 27.6 Å². The van der Waals surface area contributed by atoms with Gasteiger partial charge in [-0.05, 0) is 35.6 Å². The van der Waals surface area contributed by atoms with Crippen LogP contribution in [0.15, 0.2) is 72.9 Å². The van der Waals surface area contributed by atoms with E-state index in [1.165, 1.54) is 13.3 Å². The van der Waals surface area contributed by atoms with Crippen molar-refractivity contribution in [3.63, 3.8) is 0 Å². The fourth-order valence-electron chi connectivity index (χ4n) is 5.34. The molecule has 1 aromatic heterocycles. The number of aromatic nitrogens is 1. The van der Waals surface area contributed by atoms with Crippen LogP contribution in [0.25, 0.3) is 0 Å². The molecule has 1 saturated heterocycles. The van der Waals surface area contributed by atoms with Crippen molar-refractivity contribution in [2.24, 2.45) is 5.73 Å². The van der Waals surface area contributed by atoms with Gasteiger partial charge in [0.15, 0.2) is 0 Å². The van der Waals surface area contributed by atoms with E-state index < -0.39 is 48.8 Å². The molecule has 258 valence electrons. The average molecular weight is 674 g/mol. The van der Waals surface area contributed by atoms with Gasteiger partial charge in [0.25, 0.3) is 5.91 Å². The first-order valence-corrected chi connectivity index (χ1v) is 15.1. The molecule has 3 atom stereocenters. The zero-order valence-corrected chi connectivity index (χ0v) is 26.4. The number of imide groups is 1. The summed E-state index contributed by atoms with van der Waals surface area (Å²) in [6, 6.07) is 18.5. The summed E-state index contributed by atoms with van der Waals surface area (Å²) in [6.45, 7) is -1.21. The van der Waals surface area contributed by atoms with E-state index in [-0.39, 0.29) is 30.9 Å². The van der Waals surface area contributed by atoms with Crippen LogP contribution < -0.4 is 26.0 Å². The largest absolute Gasteiger partial charge is 0.479 e. The number of alkyl carbamates (subject to hydrolysis) is 1. The van der Waals surface area contributed by atoms with E-state index >= 15 is 0 Å². The highest BCUT2D eigenvalue weighted by atomic mass is 19.4. The molecular formula is C33H38F3N5O7. The number of carbonyl (C=O) groups excluding carboxylic acids is 3. The maximum atomic E-state index is 14.3. The molecule has 15 heteroatoms. The van der Waals surface area contributed by atoms with Crippen molar-refractivity contribution < 1.29 is 46.5 Å². The molecule has 2 aromatic carbocycles. The summed E-state index contributed by atoms with van der Waals surface area (Å²) < 4.78 is 58.2. The Kier molecular flexibility index (Phi) is 12.7. The molecule has 4 rings (SSSR count). The zero-order valence-electron chi connectivity index (χ0n) is 26.4. The Morgan fingerprint density at radius 2 is 1.71 bits per heavy atom. The van der Waals surface area contributed by atoms with E-state index in [1.807, 2.05) is 60.7 Å². The third kappa shape index (κ3) is 9.65. The number of rotatable bonds is 12. The standard InChI is InChI=1S/C33H38F3N5O7/c1-45-29-28(23(15-16-38-29)13-14-25-17-39-24(18-47-25)19-48-31(43)40-20-33(34,35)36)41(32(44)46-2)30(42)27(37)26(21-9-5-3-6-10-21)22-11-7-4-8-12-22/h3-12,15-16,24-27,39H,13-14,17-20,37H2,1-2H3,(H,40,43)/t24-,25+,27-/m0/s1. The molecule has 0 aliphatic carbocycles. The number of morpholine rings is 1. The second-order valence-corrected chi connectivity index (χ2v) is 11.0. The van der Waals surface area contributed by atoms with E-state index in [4.69, 9.17) is 24.7 Å². The SMILES string of the molecule is COC(=O)N(C(=O)[C@@H](N)C(c1ccccc1)c1ccccc1)c1c(CC[C@@H]2CN[C@H](COC(=O)NCC(F)(F)F)CO2)ccnc1OC. The maximum Gasteiger partial charge on any atom is 0.421 e. The van der Waals surface area contributed by atoms with Crippen LogP contribution in [0.4, 0.5) is 28.4 Å². The van der Waals surface area contributed by atoms with Crippen LogP contribution in [0.1, 0.15) is 29.0 Å². The van der Waals surface area contributed by atoms with Crippen LogP contribution in [0.5, 0.6) is 5.88 Å². The van der Waals surface area contributed by atoms with Crippen molar-refractivity contribution >= 4 is 23.8 Å². The molecule has 0 saturated carbocycles. The number of nitrogens with zero attached hydrogens (tertiary/aromatic N) is 2. The van der Waals surface area contributed by atoms with Crippen LogP contribution in [0.2, 0.25) is 0 Å². The molecule has 0 spiro atoms. The van der Waals surface area contributed by atoms with Gasteiger partial charge in [-0.15, -0.1) is 0 Å². The number of pyridine rings is 1. The minimum Gasteiger partial charge on any atom is -0.479 e. The van der Waals surface area contributed by atoms with Crippen molar-refractivity contribution in [2.45, 2.75) is 43.1 Å². The Morgan fingerprint density at radius 3 is 2.25 bits per heavy atom. The van der Waals surface area contributed by atoms with E-state index in [0.29, 0.717) is 24.9 Å². The van der Waals surface area contributed by atoms with E-state index in [1.54, 1.807) is 11.4 Å². The van der Waals surface area contributed by atoms with Crippen molar-refractivity contribution in [2.75, 3.05) is 45.4 Å². The third-order valence-electron chi connectivity index (χ3n) is 7.68. The third-order valence-corrected chi connectivity index (χ3v) is 7.68. The highest BCUT2D eigenvalue weighted by molar-refractivity contribution is 6.15.